The maximum Gasteiger partial charge on any atom is 0.251 e. The molecule has 2 aromatic rings. The summed E-state index contributed by atoms with van der Waals surface area (Å²) in [6.45, 7) is 5.63. The van der Waals surface area contributed by atoms with Gasteiger partial charge >= 0.3 is 0 Å². The molecule has 23 heavy (non-hydrogen) atoms. The third-order valence-electron chi connectivity index (χ3n) is 3.61. The summed E-state index contributed by atoms with van der Waals surface area (Å²) >= 11 is 1.22. The molecule has 0 atom stereocenters. The number of pyridine rings is 1. The predicted molar refractivity (Wildman–Crippen MR) is 92.8 cm³/mol. The number of thioether (sulfide) groups is 1. The number of aromatic nitrogens is 1. The van der Waals surface area contributed by atoms with Crippen LogP contribution in [0.15, 0.2) is 35.4 Å². The Bertz CT molecular complexity index is 745. The summed E-state index contributed by atoms with van der Waals surface area (Å²) in [7, 11) is 0. The number of benzene rings is 1. The number of rotatable bonds is 5. The van der Waals surface area contributed by atoms with Gasteiger partial charge in [0.15, 0.2) is 0 Å². The van der Waals surface area contributed by atoms with Gasteiger partial charge in [-0.25, -0.2) is 4.98 Å². The van der Waals surface area contributed by atoms with Crippen LogP contribution in [0.2, 0.25) is 0 Å². The van der Waals surface area contributed by atoms with Crippen molar-refractivity contribution >= 4 is 29.3 Å². The van der Waals surface area contributed by atoms with Gasteiger partial charge in [0.2, 0.25) is 5.91 Å². The highest BCUT2D eigenvalue weighted by Gasteiger charge is 2.18. The summed E-state index contributed by atoms with van der Waals surface area (Å²) in [4.78, 5) is 28.2. The van der Waals surface area contributed by atoms with Gasteiger partial charge in [-0.1, -0.05) is 30.0 Å². The van der Waals surface area contributed by atoms with E-state index in [1.807, 2.05) is 51.1 Å². The average Bonchev–Trinajstić information content (AvgIpc) is 2.51. The highest BCUT2D eigenvalue weighted by Crippen LogP contribution is 2.26. The number of hydrogen-bond acceptors (Lipinski definition) is 4. The molecule has 120 valence electrons. The lowest BCUT2D eigenvalue weighted by Crippen LogP contribution is -2.18. The second-order valence-corrected chi connectivity index (χ2v) is 6.16. The molecule has 0 fully saturated rings. The van der Waals surface area contributed by atoms with Crippen molar-refractivity contribution in [3.8, 4) is 0 Å². The third kappa shape index (κ3) is 4.10. The molecule has 0 saturated heterocycles. The molecule has 0 aliphatic heterocycles. The van der Waals surface area contributed by atoms with Gasteiger partial charge in [0.25, 0.3) is 5.91 Å². The molecule has 0 aliphatic carbocycles. The molecule has 1 aromatic carbocycles. The minimum absolute atomic E-state index is 0.157. The molecule has 0 bridgehead atoms. The fourth-order valence-corrected chi connectivity index (χ4v) is 3.10. The molecular weight excluding hydrogens is 310 g/mol. The third-order valence-corrected chi connectivity index (χ3v) is 4.58. The summed E-state index contributed by atoms with van der Waals surface area (Å²) in [5, 5.41) is 3.30. The molecule has 5 nitrogen and oxygen atoms in total. The standard InChI is InChI=1S/C17H19N3O2S/c1-10-11(2)15(16(18)22)17(19-12(10)3)23-9-14(21)20-13-7-5-4-6-8-13/h4-8H,9H2,1-3H3,(H2,18,22)(H,20,21). The van der Waals surface area contributed by atoms with E-state index in [9.17, 15) is 9.59 Å². The van der Waals surface area contributed by atoms with E-state index in [1.54, 1.807) is 0 Å². The lowest BCUT2D eigenvalue weighted by atomic mass is 10.0. The maximum atomic E-state index is 12.0. The van der Waals surface area contributed by atoms with E-state index < -0.39 is 5.91 Å². The molecule has 0 aliphatic rings. The zero-order chi connectivity index (χ0) is 17.0. The van der Waals surface area contributed by atoms with Gasteiger partial charge < -0.3 is 11.1 Å². The fraction of sp³-hybridized carbons (Fsp3) is 0.235. The minimum Gasteiger partial charge on any atom is -0.366 e. The minimum atomic E-state index is -0.524. The number of carbonyl (C=O) groups is 2. The number of amides is 2. The zero-order valence-corrected chi connectivity index (χ0v) is 14.2. The summed E-state index contributed by atoms with van der Waals surface area (Å²) in [6.07, 6.45) is 0. The molecule has 0 radical (unpaired) electrons. The first-order valence-corrected chi connectivity index (χ1v) is 8.14. The Morgan fingerprint density at radius 2 is 1.78 bits per heavy atom. The maximum absolute atomic E-state index is 12.0. The first-order valence-electron chi connectivity index (χ1n) is 7.15. The zero-order valence-electron chi connectivity index (χ0n) is 13.3. The van der Waals surface area contributed by atoms with Gasteiger partial charge in [0, 0.05) is 11.4 Å². The predicted octanol–water partition coefficient (Wildman–Crippen LogP) is 2.84. The number of nitrogens with one attached hydrogen (secondary N) is 1. The fourth-order valence-electron chi connectivity index (χ4n) is 2.16. The van der Waals surface area contributed by atoms with E-state index in [-0.39, 0.29) is 11.7 Å². The number of para-hydroxylation sites is 1. The van der Waals surface area contributed by atoms with Gasteiger partial charge in [0.05, 0.1) is 11.3 Å². The van der Waals surface area contributed by atoms with E-state index in [0.717, 1.165) is 22.5 Å². The second kappa shape index (κ2) is 7.28. The van der Waals surface area contributed by atoms with Crippen LogP contribution in [0, 0.1) is 20.8 Å². The smallest absolute Gasteiger partial charge is 0.251 e. The number of primary amides is 1. The van der Waals surface area contributed by atoms with Crippen LogP contribution in [0.5, 0.6) is 0 Å². The van der Waals surface area contributed by atoms with Crippen molar-refractivity contribution in [3.63, 3.8) is 0 Å². The van der Waals surface area contributed by atoms with Crippen LogP contribution in [-0.2, 0) is 4.79 Å². The van der Waals surface area contributed by atoms with Crippen LogP contribution in [0.3, 0.4) is 0 Å². The van der Waals surface area contributed by atoms with Crippen molar-refractivity contribution in [2.24, 2.45) is 5.73 Å². The van der Waals surface area contributed by atoms with Crippen LogP contribution in [0.4, 0.5) is 5.69 Å². The van der Waals surface area contributed by atoms with E-state index in [4.69, 9.17) is 5.73 Å². The van der Waals surface area contributed by atoms with E-state index in [1.165, 1.54) is 11.8 Å². The van der Waals surface area contributed by atoms with Crippen LogP contribution >= 0.6 is 11.8 Å². The van der Waals surface area contributed by atoms with Crippen molar-refractivity contribution in [1.29, 1.82) is 0 Å². The molecule has 0 spiro atoms. The number of anilines is 1. The lowest BCUT2D eigenvalue weighted by molar-refractivity contribution is -0.113. The molecule has 2 rings (SSSR count). The number of nitrogens with two attached hydrogens (primary N) is 1. The van der Waals surface area contributed by atoms with Gasteiger partial charge in [-0.2, -0.15) is 0 Å². The highest BCUT2D eigenvalue weighted by atomic mass is 32.2. The molecule has 2 amide bonds. The summed E-state index contributed by atoms with van der Waals surface area (Å²) < 4.78 is 0. The topological polar surface area (TPSA) is 85.1 Å². The Morgan fingerprint density at radius 3 is 2.39 bits per heavy atom. The summed E-state index contributed by atoms with van der Waals surface area (Å²) in [5.41, 5.74) is 9.19. The van der Waals surface area contributed by atoms with Crippen molar-refractivity contribution in [1.82, 2.24) is 4.98 Å². The molecule has 0 saturated carbocycles. The molecule has 0 unspecified atom stereocenters. The molecule has 1 heterocycles. The molecule has 6 heteroatoms. The van der Waals surface area contributed by atoms with Gasteiger partial charge in [-0.3, -0.25) is 9.59 Å². The first kappa shape index (κ1) is 17.0. The largest absolute Gasteiger partial charge is 0.366 e. The summed E-state index contributed by atoms with van der Waals surface area (Å²) in [6, 6.07) is 9.21. The summed E-state index contributed by atoms with van der Waals surface area (Å²) in [5.74, 6) is -0.525. The van der Waals surface area contributed by atoms with Crippen molar-refractivity contribution < 1.29 is 9.59 Å². The van der Waals surface area contributed by atoms with Crippen molar-refractivity contribution in [2.75, 3.05) is 11.1 Å². The van der Waals surface area contributed by atoms with E-state index in [0.29, 0.717) is 10.6 Å². The monoisotopic (exact) mass is 329 g/mol. The van der Waals surface area contributed by atoms with E-state index in [2.05, 4.69) is 10.3 Å². The number of nitrogens with zero attached hydrogens (tertiary/aromatic N) is 1. The number of carbonyl (C=O) groups excluding carboxylic acids is 2. The quantitative estimate of drug-likeness (QED) is 0.826. The Labute approximate surface area is 139 Å². The average molecular weight is 329 g/mol. The second-order valence-electron chi connectivity index (χ2n) is 5.19. The van der Waals surface area contributed by atoms with E-state index >= 15 is 0 Å². The van der Waals surface area contributed by atoms with Gasteiger partial charge in [-0.15, -0.1) is 0 Å². The van der Waals surface area contributed by atoms with Crippen LogP contribution in [0.25, 0.3) is 0 Å². The van der Waals surface area contributed by atoms with Crippen LogP contribution in [0.1, 0.15) is 27.2 Å². The molecule has 3 N–H and O–H groups in total. The van der Waals surface area contributed by atoms with Crippen LogP contribution < -0.4 is 11.1 Å². The normalized spacial score (nSPS) is 10.4. The lowest BCUT2D eigenvalue weighted by Gasteiger charge is -2.13. The molecular formula is C17H19N3O2S. The Balaban J connectivity index is 2.14. The number of hydrogen-bond donors (Lipinski definition) is 2. The van der Waals surface area contributed by atoms with Gasteiger partial charge in [0.1, 0.15) is 5.03 Å². The molecule has 1 aromatic heterocycles. The Hall–Kier alpha value is -2.34. The van der Waals surface area contributed by atoms with Gasteiger partial charge in [-0.05, 0) is 44.0 Å². The Morgan fingerprint density at radius 1 is 1.13 bits per heavy atom. The first-order chi connectivity index (χ1) is 10.9. The van der Waals surface area contributed by atoms with Crippen molar-refractivity contribution in [3.05, 3.63) is 52.7 Å². The Kier molecular flexibility index (Phi) is 5.39. The van der Waals surface area contributed by atoms with Crippen molar-refractivity contribution in [2.45, 2.75) is 25.8 Å². The van der Waals surface area contributed by atoms with Crippen LogP contribution in [-0.4, -0.2) is 22.6 Å². The number of aryl methyl sites for hydroxylation is 1. The highest BCUT2D eigenvalue weighted by molar-refractivity contribution is 8.00. The SMILES string of the molecule is Cc1nc(SCC(=O)Nc2ccccc2)c(C(N)=O)c(C)c1C.